The third-order valence-electron chi connectivity index (χ3n) is 4.96. The van der Waals surface area contributed by atoms with E-state index in [1.165, 1.54) is 6.42 Å². The van der Waals surface area contributed by atoms with Crippen LogP contribution in [0.25, 0.3) is 0 Å². The average Bonchev–Trinajstić information content (AvgIpc) is 2.63. The molecule has 0 aliphatic carbocycles. The van der Waals surface area contributed by atoms with Gasteiger partial charge in [0.25, 0.3) is 11.8 Å². The molecule has 0 saturated carbocycles. The second-order valence-electron chi connectivity index (χ2n) is 6.95. The fraction of sp³-hybridized carbons (Fsp3) is 0.333. The van der Waals surface area contributed by atoms with Crippen molar-refractivity contribution in [2.75, 3.05) is 11.9 Å². The molecule has 1 fully saturated rings. The Morgan fingerprint density at radius 1 is 1.19 bits per heavy atom. The highest BCUT2D eigenvalue weighted by atomic mass is 79.9. The highest BCUT2D eigenvalue weighted by molar-refractivity contribution is 9.10. The largest absolute Gasteiger partial charge is 0.336 e. The number of aryl methyl sites for hydroxylation is 1. The second kappa shape index (κ2) is 8.44. The highest BCUT2D eigenvalue weighted by Gasteiger charge is 2.24. The molecule has 2 aromatic rings. The average molecular weight is 450 g/mol. The molecule has 1 atom stereocenters. The summed E-state index contributed by atoms with van der Waals surface area (Å²) in [6.45, 7) is 4.79. The van der Waals surface area contributed by atoms with Gasteiger partial charge in [-0.3, -0.25) is 9.59 Å². The van der Waals surface area contributed by atoms with Crippen molar-refractivity contribution in [3.63, 3.8) is 0 Å². The van der Waals surface area contributed by atoms with Crippen LogP contribution in [0.5, 0.6) is 0 Å². The summed E-state index contributed by atoms with van der Waals surface area (Å²) in [6, 6.07) is 10.8. The summed E-state index contributed by atoms with van der Waals surface area (Å²) < 4.78 is 0.815. The van der Waals surface area contributed by atoms with Gasteiger partial charge in [-0.2, -0.15) is 0 Å². The quantitative estimate of drug-likeness (QED) is 0.655. The fourth-order valence-corrected chi connectivity index (χ4v) is 4.13. The molecule has 6 heteroatoms. The smallest absolute Gasteiger partial charge is 0.257 e. The van der Waals surface area contributed by atoms with Crippen LogP contribution in [0, 0.1) is 6.92 Å². The minimum absolute atomic E-state index is 0.0548. The molecule has 0 bridgehead atoms. The van der Waals surface area contributed by atoms with Gasteiger partial charge in [-0.25, -0.2) is 0 Å². The van der Waals surface area contributed by atoms with Gasteiger partial charge < -0.3 is 10.2 Å². The Kier molecular flexibility index (Phi) is 6.22. The summed E-state index contributed by atoms with van der Waals surface area (Å²) in [5.41, 5.74) is 2.57. The Balaban J connectivity index is 1.76. The van der Waals surface area contributed by atoms with E-state index in [9.17, 15) is 9.59 Å². The number of benzene rings is 2. The number of halogens is 2. The van der Waals surface area contributed by atoms with Crippen LogP contribution >= 0.6 is 27.5 Å². The number of piperidine rings is 1. The normalized spacial score (nSPS) is 16.9. The molecule has 2 amide bonds. The van der Waals surface area contributed by atoms with Crippen LogP contribution in [-0.2, 0) is 0 Å². The molecular weight excluding hydrogens is 428 g/mol. The van der Waals surface area contributed by atoms with E-state index in [2.05, 4.69) is 28.2 Å². The van der Waals surface area contributed by atoms with Crippen LogP contribution in [0.15, 0.2) is 40.9 Å². The zero-order valence-corrected chi connectivity index (χ0v) is 17.7. The summed E-state index contributed by atoms with van der Waals surface area (Å²) in [5, 5.41) is 3.26. The van der Waals surface area contributed by atoms with Crippen molar-refractivity contribution in [3.8, 4) is 0 Å². The lowest BCUT2D eigenvalue weighted by molar-refractivity contribution is 0.0635. The third-order valence-corrected chi connectivity index (χ3v) is 5.77. The van der Waals surface area contributed by atoms with Gasteiger partial charge in [0.05, 0.1) is 10.6 Å². The van der Waals surface area contributed by atoms with Crippen molar-refractivity contribution < 1.29 is 9.59 Å². The van der Waals surface area contributed by atoms with Crippen molar-refractivity contribution in [3.05, 3.63) is 62.6 Å². The topological polar surface area (TPSA) is 49.4 Å². The molecule has 2 aromatic carbocycles. The molecule has 1 aliphatic rings. The molecule has 0 aromatic heterocycles. The number of hydrogen-bond donors (Lipinski definition) is 1. The Hall–Kier alpha value is -1.85. The van der Waals surface area contributed by atoms with Crippen LogP contribution in [0.4, 0.5) is 5.69 Å². The van der Waals surface area contributed by atoms with Crippen molar-refractivity contribution in [2.45, 2.75) is 39.2 Å². The lowest BCUT2D eigenvalue weighted by Crippen LogP contribution is -2.42. The van der Waals surface area contributed by atoms with E-state index in [-0.39, 0.29) is 17.9 Å². The van der Waals surface area contributed by atoms with Crippen molar-refractivity contribution in [1.82, 2.24) is 4.90 Å². The molecule has 1 saturated heterocycles. The first-order valence-corrected chi connectivity index (χ1v) is 10.2. The highest BCUT2D eigenvalue weighted by Crippen LogP contribution is 2.25. The number of rotatable bonds is 3. The number of nitrogens with zero attached hydrogens (tertiary/aromatic N) is 1. The van der Waals surface area contributed by atoms with Crippen LogP contribution in [0.2, 0.25) is 5.02 Å². The van der Waals surface area contributed by atoms with Gasteiger partial charge in [-0.15, -0.1) is 0 Å². The van der Waals surface area contributed by atoms with E-state index >= 15 is 0 Å². The Morgan fingerprint density at radius 2 is 1.96 bits per heavy atom. The number of anilines is 1. The second-order valence-corrected chi connectivity index (χ2v) is 8.27. The van der Waals surface area contributed by atoms with E-state index in [0.29, 0.717) is 21.8 Å². The summed E-state index contributed by atoms with van der Waals surface area (Å²) in [7, 11) is 0. The summed E-state index contributed by atoms with van der Waals surface area (Å²) in [4.78, 5) is 27.3. The number of carbonyl (C=O) groups excluding carboxylic acids is 2. The number of nitrogens with one attached hydrogen (secondary N) is 1. The number of amides is 2. The Bertz CT molecular complexity index is 884. The first-order valence-electron chi connectivity index (χ1n) is 9.05. The zero-order chi connectivity index (χ0) is 19.6. The van der Waals surface area contributed by atoms with Gasteiger partial charge in [-0.05, 0) is 75.1 Å². The first-order chi connectivity index (χ1) is 12.9. The molecule has 1 heterocycles. The van der Waals surface area contributed by atoms with Crippen molar-refractivity contribution >= 4 is 45.0 Å². The zero-order valence-electron chi connectivity index (χ0n) is 15.4. The minimum atomic E-state index is -0.278. The first kappa shape index (κ1) is 19.9. The fourth-order valence-electron chi connectivity index (χ4n) is 3.37. The number of likely N-dealkylation sites (tertiary alicyclic amines) is 1. The van der Waals surface area contributed by atoms with E-state index in [0.717, 1.165) is 29.4 Å². The van der Waals surface area contributed by atoms with Crippen LogP contribution < -0.4 is 5.32 Å². The van der Waals surface area contributed by atoms with Crippen LogP contribution in [0.3, 0.4) is 0 Å². The van der Waals surface area contributed by atoms with Crippen LogP contribution in [-0.4, -0.2) is 29.3 Å². The van der Waals surface area contributed by atoms with E-state index in [1.54, 1.807) is 30.3 Å². The molecular formula is C21H22BrClN2O2. The summed E-state index contributed by atoms with van der Waals surface area (Å²) in [5.74, 6) is -0.224. The van der Waals surface area contributed by atoms with Gasteiger partial charge in [0.2, 0.25) is 0 Å². The molecule has 0 radical (unpaired) electrons. The van der Waals surface area contributed by atoms with Gasteiger partial charge >= 0.3 is 0 Å². The maximum atomic E-state index is 12.8. The van der Waals surface area contributed by atoms with Gasteiger partial charge in [0.1, 0.15) is 0 Å². The molecule has 0 spiro atoms. The molecule has 142 valence electrons. The SMILES string of the molecule is Cc1cc(C(=O)N2CCCCC2C)ccc1NC(=O)c1ccc(Br)cc1Cl. The lowest BCUT2D eigenvalue weighted by atomic mass is 10.0. The standard InChI is InChI=1S/C21H22BrClN2O2/c1-13-11-15(21(27)25-10-4-3-5-14(25)2)6-9-19(13)24-20(26)17-8-7-16(22)12-18(17)23/h6-9,11-12,14H,3-5,10H2,1-2H3,(H,24,26). The Labute approximate surface area is 173 Å². The lowest BCUT2D eigenvalue weighted by Gasteiger charge is -2.33. The predicted molar refractivity (Wildman–Crippen MR) is 113 cm³/mol. The van der Waals surface area contributed by atoms with Crippen molar-refractivity contribution in [2.24, 2.45) is 0 Å². The maximum absolute atomic E-state index is 12.8. The van der Waals surface area contributed by atoms with Crippen LogP contribution in [0.1, 0.15) is 52.5 Å². The predicted octanol–water partition coefficient (Wildman–Crippen LogP) is 5.68. The monoisotopic (exact) mass is 448 g/mol. The summed E-state index contributed by atoms with van der Waals surface area (Å²) >= 11 is 9.49. The molecule has 4 nitrogen and oxygen atoms in total. The van der Waals surface area contributed by atoms with Gasteiger partial charge in [0.15, 0.2) is 0 Å². The minimum Gasteiger partial charge on any atom is -0.336 e. The van der Waals surface area contributed by atoms with E-state index in [4.69, 9.17) is 11.6 Å². The van der Waals surface area contributed by atoms with Gasteiger partial charge in [0, 0.05) is 28.3 Å². The summed E-state index contributed by atoms with van der Waals surface area (Å²) in [6.07, 6.45) is 3.28. The van der Waals surface area contributed by atoms with Crippen molar-refractivity contribution in [1.29, 1.82) is 0 Å². The van der Waals surface area contributed by atoms with E-state index in [1.807, 2.05) is 17.9 Å². The third kappa shape index (κ3) is 4.53. The molecule has 1 aliphatic heterocycles. The molecule has 3 rings (SSSR count). The number of hydrogen-bond acceptors (Lipinski definition) is 2. The molecule has 1 N–H and O–H groups in total. The van der Waals surface area contributed by atoms with Gasteiger partial charge in [-0.1, -0.05) is 27.5 Å². The maximum Gasteiger partial charge on any atom is 0.257 e. The molecule has 1 unspecified atom stereocenters. The number of carbonyl (C=O) groups is 2. The molecule has 27 heavy (non-hydrogen) atoms. The van der Waals surface area contributed by atoms with E-state index < -0.39 is 0 Å². The Morgan fingerprint density at radius 3 is 2.63 bits per heavy atom.